The molecule has 0 spiro atoms. The van der Waals surface area contributed by atoms with Gasteiger partial charge in [-0.2, -0.15) is 0 Å². The zero-order chi connectivity index (χ0) is 18.9. The van der Waals surface area contributed by atoms with Gasteiger partial charge in [-0.15, -0.1) is 11.8 Å². The Bertz CT molecular complexity index is 759. The quantitative estimate of drug-likeness (QED) is 0.568. The largest absolute Gasteiger partial charge is 0.497 e. The van der Waals surface area contributed by atoms with Crippen LogP contribution < -0.4 is 10.1 Å². The summed E-state index contributed by atoms with van der Waals surface area (Å²) in [6, 6.07) is 13.5. The lowest BCUT2D eigenvalue weighted by atomic mass is 10.2. The van der Waals surface area contributed by atoms with Crippen LogP contribution in [0.1, 0.15) is 16.7 Å². The van der Waals surface area contributed by atoms with E-state index in [-0.39, 0.29) is 18.3 Å². The van der Waals surface area contributed by atoms with Crippen LogP contribution in [0, 0.1) is 13.8 Å². The first-order valence-electron chi connectivity index (χ1n) is 8.23. The van der Waals surface area contributed by atoms with Crippen LogP contribution in [-0.4, -0.2) is 31.3 Å². The molecule has 0 aliphatic heterocycles. The predicted molar refractivity (Wildman–Crippen MR) is 102 cm³/mol. The van der Waals surface area contributed by atoms with Gasteiger partial charge in [0.25, 0.3) is 5.91 Å². The second kappa shape index (κ2) is 9.87. The Kier molecular flexibility index (Phi) is 7.53. The molecular formula is C20H23NO4S. The molecule has 2 rings (SSSR count). The van der Waals surface area contributed by atoms with E-state index in [1.54, 1.807) is 7.11 Å². The summed E-state index contributed by atoms with van der Waals surface area (Å²) in [4.78, 5) is 24.7. The number of nitrogens with one attached hydrogen (secondary N) is 1. The van der Waals surface area contributed by atoms with Crippen molar-refractivity contribution in [3.63, 3.8) is 0 Å². The first-order valence-corrected chi connectivity index (χ1v) is 9.22. The Morgan fingerprint density at radius 2 is 1.81 bits per heavy atom. The summed E-state index contributed by atoms with van der Waals surface area (Å²) >= 11 is 1.42. The first-order chi connectivity index (χ1) is 12.5. The molecule has 5 nitrogen and oxygen atoms in total. The van der Waals surface area contributed by atoms with Crippen molar-refractivity contribution in [1.82, 2.24) is 5.32 Å². The summed E-state index contributed by atoms with van der Waals surface area (Å²) in [7, 11) is 1.60. The Morgan fingerprint density at radius 1 is 1.08 bits per heavy atom. The number of amides is 1. The van der Waals surface area contributed by atoms with Crippen LogP contribution in [0.15, 0.2) is 47.4 Å². The smallest absolute Gasteiger partial charge is 0.316 e. The third kappa shape index (κ3) is 6.44. The minimum absolute atomic E-state index is 0.177. The molecule has 0 radical (unpaired) electrons. The normalized spacial score (nSPS) is 10.3. The second-order valence-corrected chi connectivity index (χ2v) is 6.86. The van der Waals surface area contributed by atoms with Crippen molar-refractivity contribution in [2.24, 2.45) is 0 Å². The highest BCUT2D eigenvalue weighted by molar-refractivity contribution is 8.00. The summed E-state index contributed by atoms with van der Waals surface area (Å²) in [5.41, 5.74) is 3.20. The van der Waals surface area contributed by atoms with E-state index in [1.807, 2.05) is 56.3 Å². The summed E-state index contributed by atoms with van der Waals surface area (Å²) in [6.45, 7) is 4.11. The van der Waals surface area contributed by atoms with E-state index in [1.165, 1.54) is 11.8 Å². The van der Waals surface area contributed by atoms with Crippen molar-refractivity contribution < 1.29 is 19.1 Å². The molecule has 0 atom stereocenters. The molecule has 2 aromatic carbocycles. The number of hydrogen-bond donors (Lipinski definition) is 1. The summed E-state index contributed by atoms with van der Waals surface area (Å²) in [6.07, 6.45) is 0. The SMILES string of the molecule is COc1ccc(CNC(=O)COC(=O)CSc2cc(C)ccc2C)cc1. The molecule has 138 valence electrons. The topological polar surface area (TPSA) is 64.6 Å². The van der Waals surface area contributed by atoms with Gasteiger partial charge in [0.05, 0.1) is 12.9 Å². The van der Waals surface area contributed by atoms with Crippen LogP contribution in [-0.2, 0) is 20.9 Å². The molecule has 0 aliphatic rings. The fourth-order valence-corrected chi connectivity index (χ4v) is 3.10. The molecule has 0 saturated heterocycles. The Morgan fingerprint density at radius 3 is 2.50 bits per heavy atom. The number of benzene rings is 2. The summed E-state index contributed by atoms with van der Waals surface area (Å²) < 4.78 is 10.1. The zero-order valence-corrected chi connectivity index (χ0v) is 16.0. The maximum absolute atomic E-state index is 11.8. The van der Waals surface area contributed by atoms with Gasteiger partial charge in [-0.25, -0.2) is 0 Å². The molecular weight excluding hydrogens is 350 g/mol. The van der Waals surface area contributed by atoms with Gasteiger partial charge < -0.3 is 14.8 Å². The predicted octanol–water partition coefficient (Wildman–Crippen LogP) is 3.26. The van der Waals surface area contributed by atoms with Crippen molar-refractivity contribution >= 4 is 23.6 Å². The number of rotatable bonds is 8. The maximum Gasteiger partial charge on any atom is 0.316 e. The number of ether oxygens (including phenoxy) is 2. The van der Waals surface area contributed by atoms with Gasteiger partial charge >= 0.3 is 5.97 Å². The number of carbonyl (C=O) groups is 2. The van der Waals surface area contributed by atoms with Crippen molar-refractivity contribution in [2.75, 3.05) is 19.5 Å². The molecule has 0 saturated carbocycles. The first kappa shape index (κ1) is 19.8. The molecule has 0 aliphatic carbocycles. The third-order valence-electron chi connectivity index (χ3n) is 3.70. The maximum atomic E-state index is 11.8. The van der Waals surface area contributed by atoms with Crippen molar-refractivity contribution in [1.29, 1.82) is 0 Å². The Labute approximate surface area is 158 Å². The van der Waals surface area contributed by atoms with Crippen LogP contribution in [0.4, 0.5) is 0 Å². The van der Waals surface area contributed by atoms with E-state index in [4.69, 9.17) is 9.47 Å². The van der Waals surface area contributed by atoms with Crippen LogP contribution in [0.2, 0.25) is 0 Å². The summed E-state index contributed by atoms with van der Waals surface area (Å²) in [5.74, 6) is 0.201. The number of carbonyl (C=O) groups excluding carboxylic acids is 2. The van der Waals surface area contributed by atoms with Gasteiger partial charge in [-0.1, -0.05) is 29.8 Å². The highest BCUT2D eigenvalue weighted by Gasteiger charge is 2.09. The standard InChI is InChI=1S/C20H23NO4S/c1-14-4-5-15(2)18(10-14)26-13-20(23)25-12-19(22)21-11-16-6-8-17(24-3)9-7-16/h4-10H,11-13H2,1-3H3,(H,21,22). The number of methoxy groups -OCH3 is 1. The molecule has 6 heteroatoms. The monoisotopic (exact) mass is 373 g/mol. The van der Waals surface area contributed by atoms with Crippen LogP contribution in [0.25, 0.3) is 0 Å². The molecule has 0 unspecified atom stereocenters. The van der Waals surface area contributed by atoms with E-state index < -0.39 is 5.97 Å². The molecule has 1 N–H and O–H groups in total. The number of hydrogen-bond acceptors (Lipinski definition) is 5. The van der Waals surface area contributed by atoms with E-state index in [0.717, 1.165) is 27.3 Å². The lowest BCUT2D eigenvalue weighted by molar-refractivity contribution is -0.145. The van der Waals surface area contributed by atoms with Crippen molar-refractivity contribution in [3.8, 4) is 5.75 Å². The van der Waals surface area contributed by atoms with Crippen LogP contribution >= 0.6 is 11.8 Å². The van der Waals surface area contributed by atoms with Crippen molar-refractivity contribution in [3.05, 3.63) is 59.2 Å². The van der Waals surface area contributed by atoms with Gasteiger partial charge in [0.1, 0.15) is 5.75 Å². The molecule has 0 heterocycles. The van der Waals surface area contributed by atoms with Crippen LogP contribution in [0.3, 0.4) is 0 Å². The molecule has 0 aromatic heterocycles. The fraction of sp³-hybridized carbons (Fsp3) is 0.300. The third-order valence-corrected chi connectivity index (χ3v) is 4.83. The fourth-order valence-electron chi connectivity index (χ4n) is 2.18. The van der Waals surface area contributed by atoms with Crippen molar-refractivity contribution in [2.45, 2.75) is 25.3 Å². The average Bonchev–Trinajstić information content (AvgIpc) is 2.65. The van der Waals surface area contributed by atoms with Gasteiger partial charge in [0.2, 0.25) is 0 Å². The van der Waals surface area contributed by atoms with Crippen LogP contribution in [0.5, 0.6) is 5.75 Å². The lowest BCUT2D eigenvalue weighted by Crippen LogP contribution is -2.28. The molecule has 1 amide bonds. The van der Waals surface area contributed by atoms with Gasteiger partial charge in [-0.3, -0.25) is 9.59 Å². The minimum Gasteiger partial charge on any atom is -0.497 e. The molecule has 26 heavy (non-hydrogen) atoms. The number of thioether (sulfide) groups is 1. The average molecular weight is 373 g/mol. The van der Waals surface area contributed by atoms with Gasteiger partial charge in [-0.05, 0) is 43.2 Å². The number of esters is 1. The molecule has 0 bridgehead atoms. The van der Waals surface area contributed by atoms with E-state index in [0.29, 0.717) is 6.54 Å². The highest BCUT2D eigenvalue weighted by Crippen LogP contribution is 2.23. The molecule has 2 aromatic rings. The van der Waals surface area contributed by atoms with Gasteiger partial charge in [0, 0.05) is 11.4 Å². The summed E-state index contributed by atoms with van der Waals surface area (Å²) in [5, 5.41) is 2.72. The van der Waals surface area contributed by atoms with E-state index >= 15 is 0 Å². The second-order valence-electron chi connectivity index (χ2n) is 5.84. The zero-order valence-electron chi connectivity index (χ0n) is 15.2. The highest BCUT2D eigenvalue weighted by atomic mass is 32.2. The Hall–Kier alpha value is -2.47. The number of aryl methyl sites for hydroxylation is 2. The van der Waals surface area contributed by atoms with Gasteiger partial charge in [0.15, 0.2) is 6.61 Å². The Balaban J connectivity index is 1.69. The lowest BCUT2D eigenvalue weighted by Gasteiger charge is -2.08. The van der Waals surface area contributed by atoms with E-state index in [9.17, 15) is 9.59 Å². The molecule has 0 fully saturated rings. The minimum atomic E-state index is -0.407. The van der Waals surface area contributed by atoms with E-state index in [2.05, 4.69) is 5.32 Å².